The van der Waals surface area contributed by atoms with Crippen molar-refractivity contribution in [2.45, 2.75) is 46.6 Å². The molecule has 0 bridgehead atoms. The minimum Gasteiger partial charge on any atom is -0.493 e. The van der Waals surface area contributed by atoms with E-state index >= 15 is 0 Å². The Morgan fingerprint density at radius 2 is 1.82 bits per heavy atom. The molecule has 1 aromatic carbocycles. The fourth-order valence-corrected chi connectivity index (χ4v) is 4.78. The summed E-state index contributed by atoms with van der Waals surface area (Å²) in [6.45, 7) is 8.13. The van der Waals surface area contributed by atoms with Gasteiger partial charge >= 0.3 is 0 Å². The lowest BCUT2D eigenvalue weighted by atomic mass is 10.1. The molecule has 1 fully saturated rings. The second-order valence-electron chi connectivity index (χ2n) is 9.17. The van der Waals surface area contributed by atoms with Gasteiger partial charge in [0.25, 0.3) is 0 Å². The molecule has 0 aliphatic heterocycles. The summed E-state index contributed by atoms with van der Waals surface area (Å²) in [5.41, 5.74) is 2.26. The molecule has 180 valence electrons. The smallest absolute Gasteiger partial charge is 0.242 e. The topological polar surface area (TPSA) is 59.1 Å². The van der Waals surface area contributed by atoms with Gasteiger partial charge in [0, 0.05) is 23.9 Å². The number of rotatable bonds is 12. The van der Waals surface area contributed by atoms with Crippen molar-refractivity contribution in [1.29, 1.82) is 0 Å². The molecule has 0 N–H and O–H groups in total. The summed E-state index contributed by atoms with van der Waals surface area (Å²) >= 11 is 1.67. The predicted octanol–water partition coefficient (Wildman–Crippen LogP) is 4.54. The van der Waals surface area contributed by atoms with E-state index in [2.05, 4.69) is 32.2 Å². The average molecular weight is 473 g/mol. The first-order valence-electron chi connectivity index (χ1n) is 11.6. The van der Waals surface area contributed by atoms with E-state index in [1.54, 1.807) is 30.5 Å². The molecule has 0 saturated heterocycles. The van der Waals surface area contributed by atoms with Crippen LogP contribution in [-0.2, 0) is 22.6 Å². The molecule has 3 rings (SSSR count). The zero-order chi connectivity index (χ0) is 24.0. The van der Waals surface area contributed by atoms with Gasteiger partial charge in [0.15, 0.2) is 11.5 Å². The zero-order valence-corrected chi connectivity index (χ0v) is 21.2. The van der Waals surface area contributed by atoms with Crippen molar-refractivity contribution in [3.05, 3.63) is 45.6 Å². The van der Waals surface area contributed by atoms with Crippen molar-refractivity contribution in [2.24, 2.45) is 11.8 Å². The molecule has 33 heavy (non-hydrogen) atoms. The van der Waals surface area contributed by atoms with Gasteiger partial charge in [-0.15, -0.1) is 11.3 Å². The Morgan fingerprint density at radius 1 is 1.09 bits per heavy atom. The number of ether oxygens (including phenoxy) is 2. The third-order valence-corrected chi connectivity index (χ3v) is 6.93. The fourth-order valence-electron chi connectivity index (χ4n) is 3.86. The number of hydrogen-bond acceptors (Lipinski definition) is 5. The number of nitrogens with zero attached hydrogens (tertiary/aromatic N) is 2. The number of methoxy groups -OCH3 is 2. The van der Waals surface area contributed by atoms with Crippen LogP contribution in [0, 0.1) is 18.8 Å². The highest BCUT2D eigenvalue weighted by molar-refractivity contribution is 7.10. The maximum Gasteiger partial charge on any atom is 0.242 e. The Kier molecular flexibility index (Phi) is 8.78. The summed E-state index contributed by atoms with van der Waals surface area (Å²) in [5, 5.41) is 2.06. The van der Waals surface area contributed by atoms with Gasteiger partial charge in [-0.05, 0) is 66.8 Å². The van der Waals surface area contributed by atoms with E-state index in [-0.39, 0.29) is 24.3 Å². The number of carbonyl (C=O) groups excluding carboxylic acids is 2. The molecule has 1 saturated carbocycles. The number of carbonyl (C=O) groups is 2. The van der Waals surface area contributed by atoms with Crippen molar-refractivity contribution in [3.63, 3.8) is 0 Å². The van der Waals surface area contributed by atoms with Crippen LogP contribution in [-0.4, -0.2) is 55.5 Å². The molecular weight excluding hydrogens is 436 g/mol. The molecule has 6 nitrogen and oxygen atoms in total. The van der Waals surface area contributed by atoms with Crippen LogP contribution in [0.5, 0.6) is 11.5 Å². The fraction of sp³-hybridized carbons (Fsp3) is 0.538. The molecule has 1 aromatic heterocycles. The summed E-state index contributed by atoms with van der Waals surface area (Å²) in [5.74, 6) is 1.92. The maximum absolute atomic E-state index is 13.5. The van der Waals surface area contributed by atoms with E-state index < -0.39 is 0 Å². The summed E-state index contributed by atoms with van der Waals surface area (Å²) in [4.78, 5) is 31.1. The third-order valence-electron chi connectivity index (χ3n) is 5.92. The van der Waals surface area contributed by atoms with Gasteiger partial charge in [-0.25, -0.2) is 0 Å². The standard InChI is InChI=1S/C26H36N2O4S/c1-18(2)15-28(26(30)21-7-8-21)17-25(29)27(16-24-19(3)11-13-33-24)12-10-20-6-9-22(31-4)23(14-20)32-5/h6,9,11,13-14,18,21H,7-8,10,12,15-17H2,1-5H3. The summed E-state index contributed by atoms with van der Waals surface area (Å²) in [6, 6.07) is 7.93. The lowest BCUT2D eigenvalue weighted by molar-refractivity contribution is -0.142. The monoisotopic (exact) mass is 472 g/mol. The molecule has 0 atom stereocenters. The van der Waals surface area contributed by atoms with E-state index in [1.165, 1.54) is 10.4 Å². The Labute approximate surface area is 201 Å². The van der Waals surface area contributed by atoms with Crippen molar-refractivity contribution in [3.8, 4) is 11.5 Å². The van der Waals surface area contributed by atoms with Crippen LogP contribution in [0.25, 0.3) is 0 Å². The van der Waals surface area contributed by atoms with Gasteiger partial charge in [-0.3, -0.25) is 9.59 Å². The zero-order valence-electron chi connectivity index (χ0n) is 20.4. The van der Waals surface area contributed by atoms with Crippen LogP contribution >= 0.6 is 11.3 Å². The minimum absolute atomic E-state index is 0.00192. The van der Waals surface area contributed by atoms with Crippen LogP contribution in [0.2, 0.25) is 0 Å². The molecule has 2 amide bonds. The largest absolute Gasteiger partial charge is 0.493 e. The number of thiophene rings is 1. The minimum atomic E-state index is -0.00192. The van der Waals surface area contributed by atoms with Crippen LogP contribution < -0.4 is 9.47 Å². The molecule has 7 heteroatoms. The van der Waals surface area contributed by atoms with Crippen LogP contribution in [0.1, 0.15) is 42.7 Å². The summed E-state index contributed by atoms with van der Waals surface area (Å²) in [6.07, 6.45) is 2.58. The van der Waals surface area contributed by atoms with E-state index in [9.17, 15) is 9.59 Å². The second kappa shape index (κ2) is 11.5. The van der Waals surface area contributed by atoms with Crippen molar-refractivity contribution >= 4 is 23.2 Å². The maximum atomic E-state index is 13.5. The van der Waals surface area contributed by atoms with Gasteiger partial charge < -0.3 is 19.3 Å². The Bertz CT molecular complexity index is 952. The van der Waals surface area contributed by atoms with E-state index in [4.69, 9.17) is 9.47 Å². The molecule has 1 aliphatic carbocycles. The third kappa shape index (κ3) is 6.97. The first kappa shape index (κ1) is 25.1. The highest BCUT2D eigenvalue weighted by atomic mass is 32.1. The predicted molar refractivity (Wildman–Crippen MR) is 132 cm³/mol. The molecule has 0 unspecified atom stereocenters. The summed E-state index contributed by atoms with van der Waals surface area (Å²) in [7, 11) is 3.24. The lowest BCUT2D eigenvalue weighted by Gasteiger charge is -2.29. The number of aryl methyl sites for hydroxylation is 1. The molecule has 0 radical (unpaired) electrons. The molecule has 2 aromatic rings. The SMILES string of the molecule is COc1ccc(CCN(Cc2sccc2C)C(=O)CN(CC(C)C)C(=O)C2CC2)cc1OC. The average Bonchev–Trinajstić information content (AvgIpc) is 3.57. The molecule has 0 spiro atoms. The normalized spacial score (nSPS) is 13.2. The summed E-state index contributed by atoms with van der Waals surface area (Å²) < 4.78 is 10.8. The highest BCUT2D eigenvalue weighted by Gasteiger charge is 2.35. The number of amides is 2. The van der Waals surface area contributed by atoms with Gasteiger partial charge in [0.2, 0.25) is 11.8 Å². The highest BCUT2D eigenvalue weighted by Crippen LogP contribution is 2.31. The number of benzene rings is 1. The Balaban J connectivity index is 1.74. The Hall–Kier alpha value is -2.54. The number of hydrogen-bond donors (Lipinski definition) is 0. The van der Waals surface area contributed by atoms with Gasteiger partial charge in [-0.2, -0.15) is 0 Å². The second-order valence-corrected chi connectivity index (χ2v) is 10.2. The molecule has 1 aliphatic rings. The lowest BCUT2D eigenvalue weighted by Crippen LogP contribution is -2.45. The van der Waals surface area contributed by atoms with Crippen molar-refractivity contribution < 1.29 is 19.1 Å². The van der Waals surface area contributed by atoms with Crippen LogP contribution in [0.3, 0.4) is 0 Å². The molecular formula is C26H36N2O4S. The van der Waals surface area contributed by atoms with E-state index in [1.807, 2.05) is 23.1 Å². The van der Waals surface area contributed by atoms with Gasteiger partial charge in [0.1, 0.15) is 0 Å². The van der Waals surface area contributed by atoms with Crippen molar-refractivity contribution in [1.82, 2.24) is 9.80 Å². The van der Waals surface area contributed by atoms with Crippen LogP contribution in [0.15, 0.2) is 29.6 Å². The van der Waals surface area contributed by atoms with Crippen LogP contribution in [0.4, 0.5) is 0 Å². The van der Waals surface area contributed by atoms with Gasteiger partial charge in [0.05, 0.1) is 27.3 Å². The Morgan fingerprint density at radius 3 is 2.39 bits per heavy atom. The quantitative estimate of drug-likeness (QED) is 0.455. The van der Waals surface area contributed by atoms with Gasteiger partial charge in [-0.1, -0.05) is 19.9 Å². The van der Waals surface area contributed by atoms with E-state index in [0.29, 0.717) is 43.5 Å². The first-order valence-corrected chi connectivity index (χ1v) is 12.5. The molecule has 1 heterocycles. The van der Waals surface area contributed by atoms with Crippen molar-refractivity contribution in [2.75, 3.05) is 33.9 Å². The first-order chi connectivity index (χ1) is 15.8. The van der Waals surface area contributed by atoms with E-state index in [0.717, 1.165) is 18.4 Å².